The number of alkyl halides is 2. The Bertz CT molecular complexity index is 1450. The Kier molecular flexibility index (Phi) is 4.36. The SMILES string of the molecule is O=C(OC1C(OC(=O)c2ccccc2)[C@]2(F)c3ccccc3[C@@]23c2ccccc2C13F)c1ccccc1. The van der Waals surface area contributed by atoms with E-state index in [1.807, 2.05) is 0 Å². The van der Waals surface area contributed by atoms with Crippen LogP contribution in [-0.4, -0.2) is 24.1 Å². The number of carbonyl (C=O) groups excluding carboxylic acids is 2. The second-order valence-corrected chi connectivity index (χ2v) is 9.65. The summed E-state index contributed by atoms with van der Waals surface area (Å²) in [5.74, 6) is -1.64. The van der Waals surface area contributed by atoms with Crippen LogP contribution in [0.15, 0.2) is 109 Å². The van der Waals surface area contributed by atoms with Crippen molar-refractivity contribution in [1.29, 1.82) is 0 Å². The molecule has 4 aromatic rings. The highest BCUT2D eigenvalue weighted by molar-refractivity contribution is 5.91. The van der Waals surface area contributed by atoms with Crippen LogP contribution in [0, 0.1) is 0 Å². The van der Waals surface area contributed by atoms with E-state index in [4.69, 9.17) is 9.47 Å². The average Bonchev–Trinajstić information content (AvgIpc) is 3.05. The molecule has 1 spiro atoms. The predicted octanol–water partition coefficient (Wildman–Crippen LogP) is 5.79. The van der Waals surface area contributed by atoms with E-state index in [0.717, 1.165) is 0 Å². The van der Waals surface area contributed by atoms with E-state index in [0.29, 0.717) is 11.1 Å². The summed E-state index contributed by atoms with van der Waals surface area (Å²) in [6.07, 6.45) is -3.44. The Hall–Kier alpha value is -4.32. The lowest BCUT2D eigenvalue weighted by atomic mass is 9.41. The van der Waals surface area contributed by atoms with Gasteiger partial charge in [-0.15, -0.1) is 0 Å². The number of carbonyl (C=O) groups is 2. The fraction of sp³-hybridized carbons (Fsp3) is 0.161. The molecule has 0 amide bonds. The van der Waals surface area contributed by atoms with E-state index < -0.39 is 40.9 Å². The first-order valence-corrected chi connectivity index (χ1v) is 12.1. The molecule has 6 heteroatoms. The molecule has 0 radical (unpaired) electrons. The van der Waals surface area contributed by atoms with Crippen molar-refractivity contribution < 1.29 is 27.8 Å². The number of halogens is 2. The smallest absolute Gasteiger partial charge is 0.338 e. The Morgan fingerprint density at radius 1 is 0.514 bits per heavy atom. The Labute approximate surface area is 211 Å². The van der Waals surface area contributed by atoms with Crippen molar-refractivity contribution in [3.05, 3.63) is 143 Å². The lowest BCUT2D eigenvalue weighted by molar-refractivity contribution is -0.0892. The number of rotatable bonds is 4. The van der Waals surface area contributed by atoms with E-state index in [2.05, 4.69) is 0 Å². The van der Waals surface area contributed by atoms with Gasteiger partial charge in [0.1, 0.15) is 5.41 Å². The zero-order valence-electron chi connectivity index (χ0n) is 19.4. The molecule has 0 aliphatic heterocycles. The molecule has 0 bridgehead atoms. The normalized spacial score (nSPS) is 29.9. The monoisotopic (exact) mass is 494 g/mol. The summed E-state index contributed by atoms with van der Waals surface area (Å²) >= 11 is 0. The molecule has 3 aliphatic carbocycles. The first kappa shape index (κ1) is 21.9. The van der Waals surface area contributed by atoms with Crippen LogP contribution in [0.2, 0.25) is 0 Å². The quantitative estimate of drug-likeness (QED) is 0.337. The van der Waals surface area contributed by atoms with Gasteiger partial charge in [-0.05, 0) is 46.5 Å². The van der Waals surface area contributed by atoms with E-state index in [-0.39, 0.29) is 22.3 Å². The van der Waals surface area contributed by atoms with Crippen LogP contribution in [-0.2, 0) is 26.2 Å². The molecule has 4 nitrogen and oxygen atoms in total. The maximum atomic E-state index is 17.6. The van der Waals surface area contributed by atoms with Crippen molar-refractivity contribution in [2.45, 2.75) is 29.0 Å². The molecular weight excluding hydrogens is 474 g/mol. The molecule has 4 aromatic carbocycles. The molecule has 0 N–H and O–H groups in total. The van der Waals surface area contributed by atoms with Gasteiger partial charge in [-0.2, -0.15) is 0 Å². The van der Waals surface area contributed by atoms with E-state index in [9.17, 15) is 9.59 Å². The highest BCUT2D eigenvalue weighted by atomic mass is 19.2. The first-order valence-electron chi connectivity index (χ1n) is 12.1. The minimum absolute atomic E-state index is 0.186. The number of hydrogen-bond acceptors (Lipinski definition) is 4. The molecule has 5 atom stereocenters. The summed E-state index contributed by atoms with van der Waals surface area (Å²) in [6, 6.07) is 29.5. The number of fused-ring (bicyclic) bond motifs is 4. The maximum absolute atomic E-state index is 17.6. The summed E-state index contributed by atoms with van der Waals surface area (Å²) in [6.45, 7) is 0. The molecule has 182 valence electrons. The van der Waals surface area contributed by atoms with Gasteiger partial charge in [0.2, 0.25) is 0 Å². The standard InChI is InChI=1S/C31H20F2O4/c32-30-23-17-9-7-15-21(23)29(30)22-16-8-10-18-24(22)31(29,33)26(37-28(35)20-13-5-2-6-14-20)25(30)36-27(34)19-11-3-1-4-12-19/h1-18,25-26H/t25?,26?,29-,30-,31?/m1/s1. The van der Waals surface area contributed by atoms with Crippen molar-refractivity contribution in [1.82, 2.24) is 0 Å². The second-order valence-electron chi connectivity index (χ2n) is 9.65. The van der Waals surface area contributed by atoms with Gasteiger partial charge in [0.15, 0.2) is 23.5 Å². The maximum Gasteiger partial charge on any atom is 0.338 e. The van der Waals surface area contributed by atoms with Crippen molar-refractivity contribution in [2.75, 3.05) is 0 Å². The number of hydrogen-bond donors (Lipinski definition) is 0. The zero-order chi connectivity index (χ0) is 25.4. The van der Waals surface area contributed by atoms with Crippen LogP contribution in [0.25, 0.3) is 0 Å². The van der Waals surface area contributed by atoms with Gasteiger partial charge >= 0.3 is 11.9 Å². The van der Waals surface area contributed by atoms with Crippen molar-refractivity contribution in [3.63, 3.8) is 0 Å². The van der Waals surface area contributed by atoms with E-state index >= 15 is 8.78 Å². The predicted molar refractivity (Wildman–Crippen MR) is 131 cm³/mol. The summed E-state index contributed by atoms with van der Waals surface area (Å²) < 4.78 is 46.8. The van der Waals surface area contributed by atoms with E-state index in [1.54, 1.807) is 84.9 Å². The van der Waals surface area contributed by atoms with Crippen molar-refractivity contribution in [2.24, 2.45) is 0 Å². The lowest BCUT2D eigenvalue weighted by Gasteiger charge is -2.62. The summed E-state index contributed by atoms with van der Waals surface area (Å²) in [5, 5.41) is 0. The summed E-state index contributed by atoms with van der Waals surface area (Å²) in [4.78, 5) is 26.4. The van der Waals surface area contributed by atoms with Gasteiger partial charge in [0.25, 0.3) is 0 Å². The third kappa shape index (κ3) is 2.41. The van der Waals surface area contributed by atoms with Gasteiger partial charge in [-0.1, -0.05) is 84.9 Å². The van der Waals surface area contributed by atoms with Crippen molar-refractivity contribution in [3.8, 4) is 0 Å². The molecule has 3 aliphatic rings. The van der Waals surface area contributed by atoms with Crippen LogP contribution < -0.4 is 0 Å². The zero-order valence-corrected chi connectivity index (χ0v) is 19.4. The van der Waals surface area contributed by atoms with Gasteiger partial charge in [-0.25, -0.2) is 18.4 Å². The molecular formula is C31H20F2O4. The highest BCUT2D eigenvalue weighted by Crippen LogP contribution is 2.82. The van der Waals surface area contributed by atoms with Crippen LogP contribution >= 0.6 is 0 Å². The number of esters is 2. The van der Waals surface area contributed by atoms with Gasteiger partial charge in [-0.3, -0.25) is 0 Å². The minimum atomic E-state index is -2.45. The van der Waals surface area contributed by atoms with Crippen LogP contribution in [0.5, 0.6) is 0 Å². The molecule has 1 fully saturated rings. The fourth-order valence-electron chi connectivity index (χ4n) is 6.68. The molecule has 0 aromatic heterocycles. The number of ether oxygens (including phenoxy) is 2. The number of benzene rings is 4. The lowest BCUT2D eigenvalue weighted by Crippen LogP contribution is -2.69. The van der Waals surface area contributed by atoms with E-state index in [1.165, 1.54) is 24.3 Å². The average molecular weight is 494 g/mol. The van der Waals surface area contributed by atoms with Gasteiger partial charge in [0, 0.05) is 0 Å². The van der Waals surface area contributed by atoms with Gasteiger partial charge < -0.3 is 9.47 Å². The molecule has 0 saturated heterocycles. The summed E-state index contributed by atoms with van der Waals surface area (Å²) in [5.41, 5.74) is -4.88. The third-order valence-corrected chi connectivity index (χ3v) is 8.08. The minimum Gasteiger partial charge on any atom is -0.451 e. The highest BCUT2D eigenvalue weighted by Gasteiger charge is 2.93. The Morgan fingerprint density at radius 3 is 1.22 bits per heavy atom. The van der Waals surface area contributed by atoms with Crippen molar-refractivity contribution >= 4 is 11.9 Å². The third-order valence-electron chi connectivity index (χ3n) is 8.08. The van der Waals surface area contributed by atoms with Crippen LogP contribution in [0.4, 0.5) is 8.78 Å². The molecule has 3 unspecified atom stereocenters. The van der Waals surface area contributed by atoms with Crippen LogP contribution in [0.1, 0.15) is 43.0 Å². The fourth-order valence-corrected chi connectivity index (χ4v) is 6.68. The molecule has 0 heterocycles. The molecule has 7 rings (SSSR count). The Morgan fingerprint density at radius 2 is 0.838 bits per heavy atom. The molecule has 1 saturated carbocycles. The topological polar surface area (TPSA) is 52.6 Å². The van der Waals surface area contributed by atoms with Gasteiger partial charge in [0.05, 0.1) is 11.1 Å². The second kappa shape index (κ2) is 7.35. The largest absolute Gasteiger partial charge is 0.451 e. The first-order chi connectivity index (χ1) is 18.0. The Balaban J connectivity index is 1.42. The molecule has 37 heavy (non-hydrogen) atoms. The van der Waals surface area contributed by atoms with Crippen LogP contribution in [0.3, 0.4) is 0 Å². The summed E-state index contributed by atoms with van der Waals surface area (Å²) in [7, 11) is 0.